The molecule has 0 amide bonds. The Labute approximate surface area is 215 Å². The number of nitrogens with zero attached hydrogens (tertiary/aromatic N) is 1. The summed E-state index contributed by atoms with van der Waals surface area (Å²) in [7, 11) is -3.42. The SMILES string of the molecule is CC(C)(c1ccc(OCc2ncccc2NS(C)(=O)=O)cc1)c1cc(Cl)c(OCCCl)c(Cl)c1. The molecule has 1 heterocycles. The molecule has 6 nitrogen and oxygen atoms in total. The lowest BCUT2D eigenvalue weighted by Crippen LogP contribution is -2.19. The number of anilines is 1. The fourth-order valence-corrected chi connectivity index (χ4v) is 4.59. The smallest absolute Gasteiger partial charge is 0.229 e. The van der Waals surface area contributed by atoms with E-state index in [0.29, 0.717) is 45.4 Å². The first-order chi connectivity index (χ1) is 16.0. The summed E-state index contributed by atoms with van der Waals surface area (Å²) >= 11 is 18.5. The zero-order chi connectivity index (χ0) is 24.9. The van der Waals surface area contributed by atoms with Crippen LogP contribution in [0.1, 0.15) is 30.7 Å². The summed E-state index contributed by atoms with van der Waals surface area (Å²) in [6.07, 6.45) is 2.67. The Kier molecular flexibility index (Phi) is 8.57. The molecule has 1 N–H and O–H groups in total. The Balaban J connectivity index is 1.76. The number of nitrogens with one attached hydrogen (secondary N) is 1. The second-order valence-electron chi connectivity index (χ2n) is 8.12. The highest BCUT2D eigenvalue weighted by Crippen LogP contribution is 2.40. The molecule has 0 spiro atoms. The molecule has 0 fully saturated rings. The number of rotatable bonds is 10. The molecule has 10 heteroatoms. The van der Waals surface area contributed by atoms with Gasteiger partial charge in [-0.1, -0.05) is 49.2 Å². The molecule has 0 aliphatic carbocycles. The molecule has 0 atom stereocenters. The zero-order valence-electron chi connectivity index (χ0n) is 18.9. The number of halogens is 3. The van der Waals surface area contributed by atoms with Gasteiger partial charge in [-0.25, -0.2) is 8.42 Å². The number of hydrogen-bond donors (Lipinski definition) is 1. The molecule has 0 radical (unpaired) electrons. The zero-order valence-corrected chi connectivity index (χ0v) is 22.0. The van der Waals surface area contributed by atoms with Crippen LogP contribution < -0.4 is 14.2 Å². The van der Waals surface area contributed by atoms with Crippen molar-refractivity contribution in [2.45, 2.75) is 25.9 Å². The van der Waals surface area contributed by atoms with Crippen LogP contribution >= 0.6 is 34.8 Å². The topological polar surface area (TPSA) is 77.5 Å². The second kappa shape index (κ2) is 11.0. The van der Waals surface area contributed by atoms with Gasteiger partial charge in [0.2, 0.25) is 10.0 Å². The van der Waals surface area contributed by atoms with Gasteiger partial charge in [-0.3, -0.25) is 9.71 Å². The molecule has 1 aromatic heterocycles. The monoisotopic (exact) mass is 542 g/mol. The molecule has 3 aromatic rings. The predicted molar refractivity (Wildman–Crippen MR) is 138 cm³/mol. The van der Waals surface area contributed by atoms with E-state index in [1.807, 2.05) is 36.4 Å². The number of ether oxygens (including phenoxy) is 2. The lowest BCUT2D eigenvalue weighted by Gasteiger charge is -2.27. The number of sulfonamides is 1. The molecule has 3 rings (SSSR count). The number of aromatic nitrogens is 1. The van der Waals surface area contributed by atoms with Crippen LogP contribution in [0.15, 0.2) is 54.7 Å². The van der Waals surface area contributed by atoms with Gasteiger partial charge >= 0.3 is 0 Å². The van der Waals surface area contributed by atoms with Crippen LogP contribution in [0.25, 0.3) is 0 Å². The Bertz CT molecular complexity index is 1230. The van der Waals surface area contributed by atoms with Crippen molar-refractivity contribution in [3.8, 4) is 11.5 Å². The van der Waals surface area contributed by atoms with E-state index in [0.717, 1.165) is 17.4 Å². The van der Waals surface area contributed by atoms with Crippen LogP contribution in [0.4, 0.5) is 5.69 Å². The van der Waals surface area contributed by atoms with Crippen LogP contribution in [0.5, 0.6) is 11.5 Å². The van der Waals surface area contributed by atoms with E-state index in [-0.39, 0.29) is 6.61 Å². The Morgan fingerprint density at radius 2 is 1.65 bits per heavy atom. The van der Waals surface area contributed by atoms with Gasteiger partial charge in [0, 0.05) is 11.6 Å². The van der Waals surface area contributed by atoms with Crippen LogP contribution in [0, 0.1) is 0 Å². The van der Waals surface area contributed by atoms with Crippen LogP contribution in [0.2, 0.25) is 10.0 Å². The number of pyridine rings is 1. The first-order valence-corrected chi connectivity index (χ1v) is 13.5. The van der Waals surface area contributed by atoms with Crippen molar-refractivity contribution in [2.24, 2.45) is 0 Å². The van der Waals surface area contributed by atoms with Crippen LogP contribution in [-0.2, 0) is 22.0 Å². The maximum absolute atomic E-state index is 11.6. The van der Waals surface area contributed by atoms with E-state index >= 15 is 0 Å². The Morgan fingerprint density at radius 1 is 1.00 bits per heavy atom. The van der Waals surface area contributed by atoms with E-state index in [4.69, 9.17) is 44.3 Å². The van der Waals surface area contributed by atoms with Gasteiger partial charge in [-0.05, 0) is 47.5 Å². The summed E-state index contributed by atoms with van der Waals surface area (Å²) in [5.74, 6) is 1.38. The number of benzene rings is 2. The summed E-state index contributed by atoms with van der Waals surface area (Å²) in [6.45, 7) is 4.56. The van der Waals surface area contributed by atoms with E-state index in [9.17, 15) is 8.42 Å². The average Bonchev–Trinajstić information content (AvgIpc) is 2.77. The number of alkyl halides is 1. The van der Waals surface area contributed by atoms with Crippen molar-refractivity contribution in [3.05, 3.63) is 81.6 Å². The first-order valence-electron chi connectivity index (χ1n) is 10.3. The Hall–Kier alpha value is -2.19. The van der Waals surface area contributed by atoms with E-state index in [2.05, 4.69) is 23.6 Å². The molecule has 34 heavy (non-hydrogen) atoms. The maximum Gasteiger partial charge on any atom is 0.229 e. The molecule has 0 aliphatic rings. The molecule has 0 saturated carbocycles. The lowest BCUT2D eigenvalue weighted by molar-refractivity contribution is 0.302. The highest BCUT2D eigenvalue weighted by atomic mass is 35.5. The average molecular weight is 544 g/mol. The Morgan fingerprint density at radius 3 is 2.24 bits per heavy atom. The van der Waals surface area contributed by atoms with E-state index in [1.165, 1.54) is 0 Å². The largest absolute Gasteiger partial charge is 0.489 e. The van der Waals surface area contributed by atoms with Crippen molar-refractivity contribution in [3.63, 3.8) is 0 Å². The molecule has 2 aromatic carbocycles. The second-order valence-corrected chi connectivity index (χ2v) is 11.1. The van der Waals surface area contributed by atoms with Gasteiger partial charge < -0.3 is 9.47 Å². The summed E-state index contributed by atoms with van der Waals surface area (Å²) in [5, 5.41) is 0.851. The minimum Gasteiger partial charge on any atom is -0.489 e. The number of hydrogen-bond acceptors (Lipinski definition) is 5. The molecule has 0 bridgehead atoms. The normalized spacial score (nSPS) is 11.8. The molecule has 0 aliphatic heterocycles. The van der Waals surface area contributed by atoms with Gasteiger partial charge in [0.1, 0.15) is 24.7 Å². The van der Waals surface area contributed by atoms with Gasteiger partial charge in [0.25, 0.3) is 0 Å². The predicted octanol–water partition coefficient (Wildman–Crippen LogP) is 6.28. The molecule has 0 unspecified atom stereocenters. The maximum atomic E-state index is 11.6. The molecule has 182 valence electrons. The molecule has 0 saturated heterocycles. The van der Waals surface area contributed by atoms with Gasteiger partial charge in [-0.15, -0.1) is 11.6 Å². The van der Waals surface area contributed by atoms with Gasteiger partial charge in [0.05, 0.1) is 27.9 Å². The van der Waals surface area contributed by atoms with E-state index in [1.54, 1.807) is 18.3 Å². The van der Waals surface area contributed by atoms with Crippen molar-refractivity contribution in [2.75, 3.05) is 23.5 Å². The van der Waals surface area contributed by atoms with Gasteiger partial charge in [-0.2, -0.15) is 0 Å². The van der Waals surface area contributed by atoms with Crippen molar-refractivity contribution in [1.82, 2.24) is 4.98 Å². The highest BCUT2D eigenvalue weighted by molar-refractivity contribution is 7.92. The molecular formula is C24H25Cl3N2O4S. The lowest BCUT2D eigenvalue weighted by atomic mass is 9.78. The highest BCUT2D eigenvalue weighted by Gasteiger charge is 2.25. The molecular weight excluding hydrogens is 519 g/mol. The first kappa shape index (κ1) is 26.4. The quantitative estimate of drug-likeness (QED) is 0.304. The van der Waals surface area contributed by atoms with E-state index < -0.39 is 15.4 Å². The third-order valence-electron chi connectivity index (χ3n) is 5.18. The summed E-state index contributed by atoms with van der Waals surface area (Å²) in [4.78, 5) is 4.22. The fraction of sp³-hybridized carbons (Fsp3) is 0.292. The standard InChI is InChI=1S/C24H25Cl3N2O4S/c1-24(2,17-13-19(26)23(20(27)14-17)32-12-10-25)16-6-8-18(9-7-16)33-15-22-21(5-4-11-28-22)29-34(3,30)31/h4-9,11,13-14,29H,10,12,15H2,1-3H3. The third kappa shape index (κ3) is 6.69. The summed E-state index contributed by atoms with van der Waals surface area (Å²) in [5.41, 5.74) is 2.43. The minimum atomic E-state index is -3.42. The van der Waals surface area contributed by atoms with Crippen molar-refractivity contribution >= 4 is 50.5 Å². The summed E-state index contributed by atoms with van der Waals surface area (Å²) in [6, 6.07) is 14.6. The minimum absolute atomic E-state index is 0.108. The van der Waals surface area contributed by atoms with Gasteiger partial charge in [0.15, 0.2) is 5.75 Å². The third-order valence-corrected chi connectivity index (χ3v) is 6.49. The van der Waals surface area contributed by atoms with Crippen molar-refractivity contribution < 1.29 is 17.9 Å². The van der Waals surface area contributed by atoms with Crippen molar-refractivity contribution in [1.29, 1.82) is 0 Å². The van der Waals surface area contributed by atoms with Crippen LogP contribution in [-0.4, -0.2) is 32.1 Å². The fourth-order valence-electron chi connectivity index (χ4n) is 3.33. The van der Waals surface area contributed by atoms with Crippen LogP contribution in [0.3, 0.4) is 0 Å². The summed E-state index contributed by atoms with van der Waals surface area (Å²) < 4.78 is 37.0.